The van der Waals surface area contributed by atoms with Crippen molar-refractivity contribution in [2.45, 2.75) is 16.6 Å². The molecule has 0 aliphatic heterocycles. The van der Waals surface area contributed by atoms with E-state index >= 15 is 0 Å². The minimum Gasteiger partial charge on any atom is -0.0925 e. The van der Waals surface area contributed by atoms with E-state index in [1.807, 2.05) is 12.2 Å². The fourth-order valence-electron chi connectivity index (χ4n) is 0.398. The normalized spacial score (nSPS) is 12.8. The van der Waals surface area contributed by atoms with E-state index in [0.717, 1.165) is 11.8 Å². The lowest BCUT2D eigenvalue weighted by atomic mass is 10.3. The fourth-order valence-corrected chi connectivity index (χ4v) is 0.929. The summed E-state index contributed by atoms with van der Waals surface area (Å²) in [6.07, 6.45) is 5.30. The van der Waals surface area contributed by atoms with Crippen LogP contribution in [0.15, 0.2) is 12.2 Å². The van der Waals surface area contributed by atoms with Gasteiger partial charge in [-0.3, -0.25) is 0 Å². The maximum atomic E-state index is 5.48. The van der Waals surface area contributed by atoms with Crippen molar-refractivity contribution < 1.29 is 0 Å². The van der Waals surface area contributed by atoms with Gasteiger partial charge in [0.15, 0.2) is 3.79 Å². The molecular weight excluding hydrogens is 258 g/mol. The molecule has 0 aromatic rings. The Balaban J connectivity index is 3.34. The molecule has 0 rings (SSSR count). The smallest absolute Gasteiger partial charge is 0.0925 e. The number of halogens is 4. The van der Waals surface area contributed by atoms with Gasteiger partial charge < -0.3 is 0 Å². The van der Waals surface area contributed by atoms with Crippen molar-refractivity contribution in [2.24, 2.45) is 0 Å². The van der Waals surface area contributed by atoms with Crippen molar-refractivity contribution in [2.75, 3.05) is 5.33 Å². The van der Waals surface area contributed by atoms with Crippen LogP contribution in [0.2, 0.25) is 0 Å². The maximum absolute atomic E-state index is 5.48. The lowest BCUT2D eigenvalue weighted by Gasteiger charge is -2.04. The van der Waals surface area contributed by atoms with Crippen LogP contribution in [0.3, 0.4) is 0 Å². The highest BCUT2D eigenvalue weighted by Gasteiger charge is 2.16. The number of rotatable bonds is 3. The third-order valence-corrected chi connectivity index (χ3v) is 1.71. The fraction of sp³-hybridized carbons (Fsp3) is 0.667. The van der Waals surface area contributed by atoms with Gasteiger partial charge in [-0.2, -0.15) is 0 Å². The van der Waals surface area contributed by atoms with E-state index in [2.05, 4.69) is 15.9 Å². The number of allylic oxidation sites excluding steroid dienone is 2. The molecule has 0 spiro atoms. The third-order valence-electron chi connectivity index (χ3n) is 0.792. The molecule has 0 radical (unpaired) electrons. The van der Waals surface area contributed by atoms with Crippen LogP contribution in [0.25, 0.3) is 0 Å². The van der Waals surface area contributed by atoms with Gasteiger partial charge in [-0.05, 0) is 6.42 Å². The zero-order chi connectivity index (χ0) is 8.04. The summed E-state index contributed by atoms with van der Waals surface area (Å²) in [5, 5.41) is 0.948. The molecule has 0 saturated carbocycles. The van der Waals surface area contributed by atoms with Crippen LogP contribution >= 0.6 is 50.7 Å². The van der Waals surface area contributed by atoms with Gasteiger partial charge in [0.1, 0.15) is 0 Å². The quantitative estimate of drug-likeness (QED) is 0.533. The molecule has 0 aromatic heterocycles. The van der Waals surface area contributed by atoms with Crippen molar-refractivity contribution >= 4 is 50.7 Å². The Kier molecular flexibility index (Phi) is 6.33. The molecule has 60 valence electrons. The molecule has 4 heteroatoms. The first-order valence-electron chi connectivity index (χ1n) is 2.84. The molecule has 0 aromatic carbocycles. The molecule has 0 atom stereocenters. The molecule has 10 heavy (non-hydrogen) atoms. The SMILES string of the molecule is ClC(Cl)(Cl)C/C=C/CCBr. The van der Waals surface area contributed by atoms with E-state index in [4.69, 9.17) is 34.8 Å². The van der Waals surface area contributed by atoms with Crippen molar-refractivity contribution in [3.05, 3.63) is 12.2 Å². The Morgan fingerprint density at radius 3 is 2.20 bits per heavy atom. The minimum absolute atomic E-state index is 0.477. The van der Waals surface area contributed by atoms with Crippen LogP contribution in [0.1, 0.15) is 12.8 Å². The molecule has 0 bridgehead atoms. The van der Waals surface area contributed by atoms with Crippen LogP contribution in [-0.4, -0.2) is 9.12 Å². The average Bonchev–Trinajstić information content (AvgIpc) is 1.78. The summed E-state index contributed by atoms with van der Waals surface area (Å²) in [6, 6.07) is 0. The van der Waals surface area contributed by atoms with Crippen LogP contribution in [0, 0.1) is 0 Å². The summed E-state index contributed by atoms with van der Waals surface area (Å²) in [5.41, 5.74) is 0. The maximum Gasteiger partial charge on any atom is 0.194 e. The Bertz CT molecular complexity index is 106. The van der Waals surface area contributed by atoms with E-state index in [-0.39, 0.29) is 0 Å². The molecule has 0 fully saturated rings. The first-order valence-corrected chi connectivity index (χ1v) is 5.09. The first-order chi connectivity index (χ1) is 4.56. The Hall–Kier alpha value is 1.09. The van der Waals surface area contributed by atoms with Gasteiger partial charge in [0.05, 0.1) is 0 Å². The van der Waals surface area contributed by atoms with Crippen molar-refractivity contribution in [3.8, 4) is 0 Å². The standard InChI is InChI=1S/C6H8BrCl3/c7-5-3-1-2-4-6(8,9)10/h1-2H,3-5H2/b2-1+. The highest BCUT2D eigenvalue weighted by molar-refractivity contribution is 9.09. The first kappa shape index (κ1) is 11.1. The second-order valence-corrected chi connectivity index (χ2v) is 5.08. The summed E-state index contributed by atoms with van der Waals surface area (Å²) < 4.78 is -1.14. The third kappa shape index (κ3) is 9.09. The van der Waals surface area contributed by atoms with Crippen LogP contribution in [-0.2, 0) is 0 Å². The van der Waals surface area contributed by atoms with Gasteiger partial charge in [0, 0.05) is 11.8 Å². The molecule has 0 unspecified atom stereocenters. The predicted molar refractivity (Wildman–Crippen MR) is 52.5 cm³/mol. The summed E-state index contributed by atoms with van der Waals surface area (Å²) in [4.78, 5) is 0. The monoisotopic (exact) mass is 264 g/mol. The van der Waals surface area contributed by atoms with Crippen molar-refractivity contribution in [1.29, 1.82) is 0 Å². The molecule has 0 saturated heterocycles. The van der Waals surface area contributed by atoms with Gasteiger partial charge in [0.25, 0.3) is 0 Å². The zero-order valence-corrected chi connectivity index (χ0v) is 9.14. The van der Waals surface area contributed by atoms with E-state index in [1.54, 1.807) is 0 Å². The highest BCUT2D eigenvalue weighted by Crippen LogP contribution is 2.30. The van der Waals surface area contributed by atoms with E-state index in [9.17, 15) is 0 Å². The van der Waals surface area contributed by atoms with Gasteiger partial charge in [-0.15, -0.1) is 0 Å². The topological polar surface area (TPSA) is 0 Å². The second kappa shape index (κ2) is 5.70. The van der Waals surface area contributed by atoms with Gasteiger partial charge >= 0.3 is 0 Å². The Labute approximate surface area is 84.7 Å². The number of hydrogen-bond donors (Lipinski definition) is 0. The minimum atomic E-state index is -1.14. The van der Waals surface area contributed by atoms with E-state index in [1.165, 1.54) is 0 Å². The van der Waals surface area contributed by atoms with E-state index < -0.39 is 3.79 Å². The van der Waals surface area contributed by atoms with E-state index in [0.29, 0.717) is 6.42 Å². The van der Waals surface area contributed by atoms with Crippen molar-refractivity contribution in [3.63, 3.8) is 0 Å². The zero-order valence-electron chi connectivity index (χ0n) is 5.29. The van der Waals surface area contributed by atoms with Gasteiger partial charge in [-0.1, -0.05) is 62.9 Å². The molecule has 0 heterocycles. The molecular formula is C6H8BrCl3. The second-order valence-electron chi connectivity index (χ2n) is 1.77. The predicted octanol–water partition coefficient (Wildman–Crippen LogP) is 4.09. The largest absolute Gasteiger partial charge is 0.194 e. The van der Waals surface area contributed by atoms with Crippen LogP contribution in [0.5, 0.6) is 0 Å². The highest BCUT2D eigenvalue weighted by atomic mass is 79.9. The Morgan fingerprint density at radius 1 is 1.20 bits per heavy atom. The summed E-state index contributed by atoms with van der Waals surface area (Å²) in [7, 11) is 0. The lowest BCUT2D eigenvalue weighted by Crippen LogP contribution is -1.97. The summed E-state index contributed by atoms with van der Waals surface area (Å²) in [6.45, 7) is 0. The van der Waals surface area contributed by atoms with Gasteiger partial charge in [-0.25, -0.2) is 0 Å². The summed E-state index contributed by atoms with van der Waals surface area (Å²) in [5.74, 6) is 0. The molecule has 0 nitrogen and oxygen atoms in total. The number of alkyl halides is 4. The summed E-state index contributed by atoms with van der Waals surface area (Å²) >= 11 is 19.7. The molecule has 0 N–H and O–H groups in total. The van der Waals surface area contributed by atoms with Crippen LogP contribution < -0.4 is 0 Å². The van der Waals surface area contributed by atoms with Gasteiger partial charge in [0.2, 0.25) is 0 Å². The number of hydrogen-bond acceptors (Lipinski definition) is 0. The lowest BCUT2D eigenvalue weighted by molar-refractivity contribution is 1.06. The van der Waals surface area contributed by atoms with Crippen molar-refractivity contribution in [1.82, 2.24) is 0 Å². The Morgan fingerprint density at radius 2 is 1.80 bits per heavy atom. The molecule has 0 aliphatic rings. The molecule has 0 aliphatic carbocycles. The molecule has 0 amide bonds. The van der Waals surface area contributed by atoms with Crippen LogP contribution in [0.4, 0.5) is 0 Å². The average molecular weight is 266 g/mol.